The van der Waals surface area contributed by atoms with Gasteiger partial charge in [-0.2, -0.15) is 0 Å². The van der Waals surface area contributed by atoms with Crippen LogP contribution in [0.5, 0.6) is 0 Å². The van der Waals surface area contributed by atoms with Crippen LogP contribution < -0.4 is 9.62 Å². The summed E-state index contributed by atoms with van der Waals surface area (Å²) in [7, 11) is -4.02. The molecule has 0 fully saturated rings. The minimum atomic E-state index is -4.02. The number of nitrogens with one attached hydrogen (secondary N) is 1. The Labute approximate surface area is 200 Å². The average molecular weight is 542 g/mol. The molecule has 0 aliphatic rings. The van der Waals surface area contributed by atoms with Gasteiger partial charge in [0.1, 0.15) is 6.54 Å². The van der Waals surface area contributed by atoms with Crippen LogP contribution in [-0.2, 0) is 14.8 Å². The topological polar surface area (TPSA) is 66.5 Å². The molecule has 0 aliphatic carbocycles. The van der Waals surface area contributed by atoms with Crippen molar-refractivity contribution in [3.8, 4) is 0 Å². The normalized spacial score (nSPS) is 11.3. The van der Waals surface area contributed by atoms with Crippen LogP contribution in [0.3, 0.4) is 0 Å². The Hall–Kier alpha value is -2.06. The van der Waals surface area contributed by atoms with Crippen molar-refractivity contribution in [3.05, 3.63) is 86.3 Å². The zero-order valence-electron chi connectivity index (χ0n) is 16.7. The smallest absolute Gasteiger partial charge is 0.264 e. The lowest BCUT2D eigenvalue weighted by atomic mass is 10.2. The molecule has 162 valence electrons. The van der Waals surface area contributed by atoms with Crippen LogP contribution in [0.4, 0.5) is 11.4 Å². The lowest BCUT2D eigenvalue weighted by molar-refractivity contribution is -0.114. The average Bonchev–Trinajstić information content (AvgIpc) is 2.71. The summed E-state index contributed by atoms with van der Waals surface area (Å²) in [6.07, 6.45) is 0. The van der Waals surface area contributed by atoms with Crippen molar-refractivity contribution in [2.24, 2.45) is 0 Å². The van der Waals surface area contributed by atoms with E-state index in [-0.39, 0.29) is 4.90 Å². The Kier molecular flexibility index (Phi) is 7.31. The van der Waals surface area contributed by atoms with E-state index in [4.69, 9.17) is 23.2 Å². The van der Waals surface area contributed by atoms with Gasteiger partial charge in [0.05, 0.1) is 15.6 Å². The third-order valence-corrected chi connectivity index (χ3v) is 7.97. The highest BCUT2D eigenvalue weighted by atomic mass is 79.9. The second-order valence-corrected chi connectivity index (χ2v) is 10.5. The van der Waals surface area contributed by atoms with Crippen molar-refractivity contribution in [2.45, 2.75) is 18.7 Å². The summed E-state index contributed by atoms with van der Waals surface area (Å²) in [4.78, 5) is 12.8. The second kappa shape index (κ2) is 9.61. The van der Waals surface area contributed by atoms with E-state index < -0.39 is 22.5 Å². The highest BCUT2D eigenvalue weighted by Gasteiger charge is 2.27. The highest BCUT2D eigenvalue weighted by Crippen LogP contribution is 2.29. The van der Waals surface area contributed by atoms with Crippen molar-refractivity contribution in [1.29, 1.82) is 0 Å². The van der Waals surface area contributed by atoms with Crippen LogP contribution in [0.2, 0.25) is 10.0 Å². The quantitative estimate of drug-likeness (QED) is 0.403. The van der Waals surface area contributed by atoms with Gasteiger partial charge in [-0.25, -0.2) is 8.42 Å². The predicted molar refractivity (Wildman–Crippen MR) is 130 cm³/mol. The molecule has 31 heavy (non-hydrogen) atoms. The van der Waals surface area contributed by atoms with Crippen molar-refractivity contribution >= 4 is 66.4 Å². The molecule has 0 saturated heterocycles. The monoisotopic (exact) mass is 540 g/mol. The summed E-state index contributed by atoms with van der Waals surface area (Å²) in [6.45, 7) is 3.24. The van der Waals surface area contributed by atoms with E-state index in [1.165, 1.54) is 18.2 Å². The van der Waals surface area contributed by atoms with Crippen molar-refractivity contribution in [3.63, 3.8) is 0 Å². The van der Waals surface area contributed by atoms with E-state index in [1.54, 1.807) is 42.5 Å². The lowest BCUT2D eigenvalue weighted by Gasteiger charge is -2.24. The summed E-state index contributed by atoms with van der Waals surface area (Å²) >= 11 is 15.6. The van der Waals surface area contributed by atoms with Gasteiger partial charge in [0.25, 0.3) is 10.0 Å². The first-order valence-corrected chi connectivity index (χ1v) is 12.2. The summed E-state index contributed by atoms with van der Waals surface area (Å²) in [6, 6.07) is 16.2. The molecule has 0 atom stereocenters. The van der Waals surface area contributed by atoms with E-state index in [0.29, 0.717) is 25.9 Å². The summed E-state index contributed by atoms with van der Waals surface area (Å²) in [5.41, 5.74) is 2.47. The van der Waals surface area contributed by atoms with Crippen molar-refractivity contribution < 1.29 is 13.2 Å². The van der Waals surface area contributed by atoms with Crippen molar-refractivity contribution in [2.75, 3.05) is 16.2 Å². The predicted octanol–water partition coefficient (Wildman–Crippen LogP) is 6.21. The van der Waals surface area contributed by atoms with Gasteiger partial charge >= 0.3 is 0 Å². The molecule has 0 unspecified atom stereocenters. The first-order chi connectivity index (χ1) is 14.6. The molecule has 0 radical (unpaired) electrons. The van der Waals surface area contributed by atoms with Crippen LogP contribution in [0.25, 0.3) is 0 Å². The first kappa shape index (κ1) is 23.6. The maximum Gasteiger partial charge on any atom is 0.264 e. The van der Waals surface area contributed by atoms with Gasteiger partial charge in [0.15, 0.2) is 0 Å². The Morgan fingerprint density at radius 3 is 2.26 bits per heavy atom. The molecule has 0 aliphatic heterocycles. The van der Waals surface area contributed by atoms with E-state index in [2.05, 4.69) is 21.2 Å². The van der Waals surface area contributed by atoms with Gasteiger partial charge in [-0.15, -0.1) is 0 Å². The van der Waals surface area contributed by atoms with Gasteiger partial charge in [-0.05, 0) is 77.8 Å². The number of halogens is 3. The van der Waals surface area contributed by atoms with Crippen LogP contribution in [0, 0.1) is 13.8 Å². The first-order valence-electron chi connectivity index (χ1n) is 9.18. The van der Waals surface area contributed by atoms with Gasteiger partial charge in [0, 0.05) is 15.2 Å². The van der Waals surface area contributed by atoms with Gasteiger partial charge in [-0.3, -0.25) is 9.10 Å². The van der Waals surface area contributed by atoms with Crippen LogP contribution >= 0.6 is 39.1 Å². The molecule has 0 saturated carbocycles. The molecule has 3 rings (SSSR count). The zero-order valence-corrected chi connectivity index (χ0v) is 20.6. The number of aryl methyl sites for hydroxylation is 2. The number of anilines is 2. The molecular weight excluding hydrogens is 523 g/mol. The molecule has 0 aromatic heterocycles. The number of carbonyl (C=O) groups excluding carboxylic acids is 1. The largest absolute Gasteiger partial charge is 0.324 e. The fourth-order valence-electron chi connectivity index (χ4n) is 2.79. The molecule has 9 heteroatoms. The molecule has 1 N–H and O–H groups in total. The molecule has 0 spiro atoms. The molecule has 0 bridgehead atoms. The highest BCUT2D eigenvalue weighted by molar-refractivity contribution is 9.10. The number of hydrogen-bond acceptors (Lipinski definition) is 3. The van der Waals surface area contributed by atoms with Gasteiger partial charge in [-0.1, -0.05) is 47.0 Å². The Balaban J connectivity index is 1.97. The Bertz CT molecular complexity index is 1230. The number of hydrogen-bond donors (Lipinski definition) is 1. The number of rotatable bonds is 6. The van der Waals surface area contributed by atoms with Crippen LogP contribution in [0.15, 0.2) is 70.0 Å². The SMILES string of the molecule is Cc1ccc(S(=O)(=O)N(CC(=O)Nc2ccc(Br)c(Cl)c2)c2ccc(C)c(Cl)c2)cc1. The van der Waals surface area contributed by atoms with E-state index >= 15 is 0 Å². The molecule has 5 nitrogen and oxygen atoms in total. The number of carbonyl (C=O) groups is 1. The maximum absolute atomic E-state index is 13.4. The minimum Gasteiger partial charge on any atom is -0.324 e. The molecule has 3 aromatic rings. The van der Waals surface area contributed by atoms with Gasteiger partial charge < -0.3 is 5.32 Å². The van der Waals surface area contributed by atoms with E-state index in [1.807, 2.05) is 13.8 Å². The second-order valence-electron chi connectivity index (χ2n) is 6.94. The minimum absolute atomic E-state index is 0.0780. The summed E-state index contributed by atoms with van der Waals surface area (Å²) in [5.74, 6) is -0.522. The Morgan fingerprint density at radius 2 is 1.65 bits per heavy atom. The van der Waals surface area contributed by atoms with Crippen LogP contribution in [0.1, 0.15) is 11.1 Å². The standard InChI is InChI=1S/C22H19BrCl2N2O3S/c1-14-3-8-18(9-4-14)31(29,30)27(17-7-5-15(2)20(24)12-17)13-22(28)26-16-6-10-19(23)21(25)11-16/h3-12H,13H2,1-2H3,(H,26,28). The number of amides is 1. The molecule has 0 heterocycles. The number of sulfonamides is 1. The molecule has 1 amide bonds. The third-order valence-electron chi connectivity index (χ3n) is 4.54. The number of nitrogens with zero attached hydrogens (tertiary/aromatic N) is 1. The van der Waals surface area contributed by atoms with E-state index in [9.17, 15) is 13.2 Å². The zero-order chi connectivity index (χ0) is 22.8. The molecule has 3 aromatic carbocycles. The van der Waals surface area contributed by atoms with E-state index in [0.717, 1.165) is 15.4 Å². The fraction of sp³-hybridized carbons (Fsp3) is 0.136. The maximum atomic E-state index is 13.4. The lowest BCUT2D eigenvalue weighted by Crippen LogP contribution is -2.38. The third kappa shape index (κ3) is 5.60. The fourth-order valence-corrected chi connectivity index (χ4v) is 4.81. The van der Waals surface area contributed by atoms with Crippen LogP contribution in [-0.4, -0.2) is 20.9 Å². The Morgan fingerprint density at radius 1 is 0.968 bits per heavy atom. The summed E-state index contributed by atoms with van der Waals surface area (Å²) < 4.78 is 28.5. The van der Waals surface area contributed by atoms with Gasteiger partial charge in [0.2, 0.25) is 5.91 Å². The summed E-state index contributed by atoms with van der Waals surface area (Å²) in [5, 5.41) is 3.51. The molecular formula is C22H19BrCl2N2O3S. The number of benzene rings is 3. The van der Waals surface area contributed by atoms with Crippen molar-refractivity contribution in [1.82, 2.24) is 0 Å².